The van der Waals surface area contributed by atoms with Gasteiger partial charge in [-0.2, -0.15) is 0 Å². The van der Waals surface area contributed by atoms with Crippen LogP contribution in [-0.2, 0) is 9.59 Å². The molecule has 7 heteroatoms. The molecule has 34 heavy (non-hydrogen) atoms. The maximum Gasteiger partial charge on any atom is 0.300 e. The number of carbonyl (C=O) groups excluding carboxylic acids is 2. The number of carbonyl (C=O) groups is 2. The standard InChI is InChI=1S/C27H25ClN2O4/c1-4-34-22-11-10-17(13-21(22)16(2)3)25(31)23-24(18-7-6-12-29-15-18)30(27(33)26(23)32)20-9-5-8-19(28)14-20/h5-16,24,31H,4H2,1-3H3/b25-23-. The predicted molar refractivity (Wildman–Crippen MR) is 132 cm³/mol. The van der Waals surface area contributed by atoms with E-state index in [2.05, 4.69) is 4.98 Å². The van der Waals surface area contributed by atoms with Crippen LogP contribution in [0.2, 0.25) is 5.02 Å². The second kappa shape index (κ2) is 9.69. The summed E-state index contributed by atoms with van der Waals surface area (Å²) in [4.78, 5) is 32.0. The Hall–Kier alpha value is -3.64. The Balaban J connectivity index is 1.92. The number of hydrogen-bond acceptors (Lipinski definition) is 5. The predicted octanol–water partition coefficient (Wildman–Crippen LogP) is 5.88. The van der Waals surface area contributed by atoms with Gasteiger partial charge < -0.3 is 9.84 Å². The number of amides is 1. The quantitative estimate of drug-likeness (QED) is 0.273. The SMILES string of the molecule is CCOc1ccc(/C(O)=C2/C(=O)C(=O)N(c3cccc(Cl)c3)C2c2cccnc2)cc1C(C)C. The third-order valence-electron chi connectivity index (χ3n) is 5.74. The Morgan fingerprint density at radius 1 is 1.15 bits per heavy atom. The zero-order valence-corrected chi connectivity index (χ0v) is 19.9. The second-order valence-electron chi connectivity index (χ2n) is 8.28. The van der Waals surface area contributed by atoms with Crippen molar-refractivity contribution in [1.82, 2.24) is 4.98 Å². The van der Waals surface area contributed by atoms with Crippen LogP contribution >= 0.6 is 11.6 Å². The van der Waals surface area contributed by atoms with Crippen LogP contribution in [0.1, 0.15) is 49.4 Å². The minimum absolute atomic E-state index is 0.00292. The molecule has 1 aromatic heterocycles. The monoisotopic (exact) mass is 476 g/mol. The Morgan fingerprint density at radius 3 is 2.59 bits per heavy atom. The third-order valence-corrected chi connectivity index (χ3v) is 5.97. The molecule has 6 nitrogen and oxygen atoms in total. The van der Waals surface area contributed by atoms with Crippen LogP contribution in [0, 0.1) is 0 Å². The number of benzene rings is 2. The van der Waals surface area contributed by atoms with Crippen LogP contribution < -0.4 is 9.64 Å². The summed E-state index contributed by atoms with van der Waals surface area (Å²) in [5.74, 6) is -0.921. The number of anilines is 1. The number of ketones is 1. The topological polar surface area (TPSA) is 79.7 Å². The first-order valence-electron chi connectivity index (χ1n) is 11.1. The molecule has 1 atom stereocenters. The molecule has 0 radical (unpaired) electrons. The molecule has 1 fully saturated rings. The summed E-state index contributed by atoms with van der Waals surface area (Å²) < 4.78 is 5.73. The van der Waals surface area contributed by atoms with Crippen LogP contribution in [0.15, 0.2) is 72.6 Å². The van der Waals surface area contributed by atoms with Crippen molar-refractivity contribution in [1.29, 1.82) is 0 Å². The van der Waals surface area contributed by atoms with Gasteiger partial charge in [-0.15, -0.1) is 0 Å². The molecule has 1 aliphatic heterocycles. The molecule has 1 saturated heterocycles. The van der Waals surface area contributed by atoms with Gasteiger partial charge in [-0.05, 0) is 66.4 Å². The van der Waals surface area contributed by atoms with Crippen LogP contribution in [0.25, 0.3) is 5.76 Å². The van der Waals surface area contributed by atoms with Crippen LogP contribution in [-0.4, -0.2) is 28.4 Å². The molecule has 1 amide bonds. The lowest BCUT2D eigenvalue weighted by Gasteiger charge is -2.25. The minimum Gasteiger partial charge on any atom is -0.507 e. The number of aliphatic hydroxyl groups is 1. The van der Waals surface area contributed by atoms with Gasteiger partial charge in [0.15, 0.2) is 0 Å². The highest BCUT2D eigenvalue weighted by atomic mass is 35.5. The largest absolute Gasteiger partial charge is 0.507 e. The number of rotatable bonds is 6. The molecule has 3 aromatic rings. The van der Waals surface area contributed by atoms with Gasteiger partial charge in [0.25, 0.3) is 11.7 Å². The zero-order valence-electron chi connectivity index (χ0n) is 19.2. The van der Waals surface area contributed by atoms with Gasteiger partial charge in [0.1, 0.15) is 11.5 Å². The Kier molecular flexibility index (Phi) is 6.70. The molecule has 4 rings (SSSR count). The van der Waals surface area contributed by atoms with E-state index in [1.54, 1.807) is 67.0 Å². The number of Topliss-reactive ketones (excluding diaryl/α,β-unsaturated/α-hetero) is 1. The van der Waals surface area contributed by atoms with Crippen LogP contribution in [0.4, 0.5) is 5.69 Å². The summed E-state index contributed by atoms with van der Waals surface area (Å²) in [5.41, 5.74) is 2.38. The first-order chi connectivity index (χ1) is 16.3. The summed E-state index contributed by atoms with van der Waals surface area (Å²) in [7, 11) is 0. The van der Waals surface area contributed by atoms with Crippen LogP contribution in [0.5, 0.6) is 5.75 Å². The number of aromatic nitrogens is 1. The molecule has 1 unspecified atom stereocenters. The molecule has 2 heterocycles. The highest BCUT2D eigenvalue weighted by Gasteiger charge is 2.47. The van der Waals surface area contributed by atoms with Gasteiger partial charge >= 0.3 is 0 Å². The summed E-state index contributed by atoms with van der Waals surface area (Å²) in [6.07, 6.45) is 3.19. The highest BCUT2D eigenvalue weighted by molar-refractivity contribution is 6.51. The fraction of sp³-hybridized carbons (Fsp3) is 0.222. The molecule has 0 saturated carbocycles. The molecule has 1 N–H and O–H groups in total. The van der Waals surface area contributed by atoms with E-state index >= 15 is 0 Å². The lowest BCUT2D eigenvalue weighted by molar-refractivity contribution is -0.132. The zero-order chi connectivity index (χ0) is 24.4. The number of ether oxygens (including phenoxy) is 1. The number of nitrogens with zero attached hydrogens (tertiary/aromatic N) is 2. The highest BCUT2D eigenvalue weighted by Crippen LogP contribution is 2.43. The second-order valence-corrected chi connectivity index (χ2v) is 8.71. The molecule has 0 spiro atoms. The summed E-state index contributed by atoms with van der Waals surface area (Å²) in [6, 6.07) is 14.6. The van der Waals surface area contributed by atoms with Gasteiger partial charge in [0.2, 0.25) is 0 Å². The molecule has 0 aliphatic carbocycles. The smallest absolute Gasteiger partial charge is 0.300 e. The summed E-state index contributed by atoms with van der Waals surface area (Å²) >= 11 is 6.17. The molecule has 0 bridgehead atoms. The van der Waals surface area contributed by atoms with Crippen LogP contribution in [0.3, 0.4) is 0 Å². The number of halogens is 1. The van der Waals surface area contributed by atoms with Crippen molar-refractivity contribution in [3.8, 4) is 5.75 Å². The van der Waals surface area contributed by atoms with E-state index < -0.39 is 17.7 Å². The van der Waals surface area contributed by atoms with Gasteiger partial charge in [-0.3, -0.25) is 19.5 Å². The number of aliphatic hydroxyl groups excluding tert-OH is 1. The van der Waals surface area contributed by atoms with E-state index in [0.717, 1.165) is 11.3 Å². The summed E-state index contributed by atoms with van der Waals surface area (Å²) in [6.45, 7) is 6.46. The fourth-order valence-corrected chi connectivity index (χ4v) is 4.35. The Labute approximate surface area is 203 Å². The number of pyridine rings is 1. The average Bonchev–Trinajstić information content (AvgIpc) is 3.10. The maximum absolute atomic E-state index is 13.3. The first-order valence-corrected chi connectivity index (χ1v) is 11.4. The fourth-order valence-electron chi connectivity index (χ4n) is 4.17. The van der Waals surface area contributed by atoms with E-state index in [9.17, 15) is 14.7 Å². The van der Waals surface area contributed by atoms with E-state index in [1.165, 1.54) is 4.90 Å². The normalized spacial score (nSPS) is 17.4. The van der Waals surface area contributed by atoms with Crippen molar-refractivity contribution >= 4 is 34.7 Å². The number of hydrogen-bond donors (Lipinski definition) is 1. The summed E-state index contributed by atoms with van der Waals surface area (Å²) in [5, 5.41) is 11.8. The Morgan fingerprint density at radius 2 is 1.94 bits per heavy atom. The molecule has 2 aromatic carbocycles. The van der Waals surface area contributed by atoms with E-state index in [0.29, 0.717) is 28.4 Å². The van der Waals surface area contributed by atoms with Gasteiger partial charge in [0.05, 0.1) is 18.2 Å². The van der Waals surface area contributed by atoms with Gasteiger partial charge in [0, 0.05) is 28.7 Å². The van der Waals surface area contributed by atoms with Gasteiger partial charge in [-0.1, -0.05) is 37.6 Å². The molecular weight excluding hydrogens is 452 g/mol. The third kappa shape index (κ3) is 4.29. The molecule has 174 valence electrons. The van der Waals surface area contributed by atoms with Crippen molar-refractivity contribution in [2.75, 3.05) is 11.5 Å². The average molecular weight is 477 g/mol. The Bertz CT molecular complexity index is 1270. The van der Waals surface area contributed by atoms with E-state index in [1.807, 2.05) is 20.8 Å². The van der Waals surface area contributed by atoms with Gasteiger partial charge in [-0.25, -0.2) is 0 Å². The molecular formula is C27H25ClN2O4. The van der Waals surface area contributed by atoms with Crippen molar-refractivity contribution < 1.29 is 19.4 Å². The van der Waals surface area contributed by atoms with E-state index in [-0.39, 0.29) is 17.3 Å². The first kappa shape index (κ1) is 23.5. The minimum atomic E-state index is -0.860. The molecule has 1 aliphatic rings. The lowest BCUT2D eigenvalue weighted by Crippen LogP contribution is -2.29. The lowest BCUT2D eigenvalue weighted by atomic mass is 9.93. The van der Waals surface area contributed by atoms with E-state index in [4.69, 9.17) is 16.3 Å². The maximum atomic E-state index is 13.3. The van der Waals surface area contributed by atoms with Crippen molar-refractivity contribution in [3.05, 3.63) is 94.3 Å². The van der Waals surface area contributed by atoms with Crippen molar-refractivity contribution in [3.63, 3.8) is 0 Å². The van der Waals surface area contributed by atoms with Crippen molar-refractivity contribution in [2.24, 2.45) is 0 Å². The van der Waals surface area contributed by atoms with Crippen molar-refractivity contribution in [2.45, 2.75) is 32.7 Å².